The van der Waals surface area contributed by atoms with E-state index in [1.807, 2.05) is 26.0 Å². The van der Waals surface area contributed by atoms with Crippen molar-refractivity contribution in [2.45, 2.75) is 71.9 Å². The summed E-state index contributed by atoms with van der Waals surface area (Å²) in [6, 6.07) is 10.3. The maximum Gasteiger partial charge on any atom is 0.231 e. The Labute approximate surface area is 236 Å². The smallest absolute Gasteiger partial charge is 0.231 e. The molecule has 0 aromatic heterocycles. The predicted molar refractivity (Wildman–Crippen MR) is 159 cm³/mol. The molecule has 2 heterocycles. The van der Waals surface area contributed by atoms with Gasteiger partial charge < -0.3 is 33.6 Å². The van der Waals surface area contributed by atoms with Gasteiger partial charge in [-0.3, -0.25) is 0 Å². The van der Waals surface area contributed by atoms with Gasteiger partial charge in [0.25, 0.3) is 0 Å². The van der Waals surface area contributed by atoms with Crippen molar-refractivity contribution in [1.82, 2.24) is 0 Å². The highest BCUT2D eigenvalue weighted by molar-refractivity contribution is 5.61. The highest BCUT2D eigenvalue weighted by atomic mass is 16.7. The normalized spacial score (nSPS) is 16.5. The van der Waals surface area contributed by atoms with Crippen molar-refractivity contribution in [1.29, 1.82) is 0 Å². The topological polar surface area (TPSA) is 77.4 Å². The molecule has 2 aliphatic heterocycles. The Morgan fingerprint density at radius 1 is 1.10 bits per heavy atom. The van der Waals surface area contributed by atoms with E-state index in [1.165, 1.54) is 23.6 Å². The first-order valence-electron chi connectivity index (χ1n) is 14.1. The van der Waals surface area contributed by atoms with Gasteiger partial charge in [-0.25, -0.2) is 0 Å². The van der Waals surface area contributed by atoms with Crippen LogP contribution < -0.4 is 18.9 Å². The van der Waals surface area contributed by atoms with E-state index < -0.39 is 6.10 Å². The molecule has 0 bridgehead atoms. The lowest BCUT2D eigenvalue weighted by Crippen LogP contribution is -2.49. The fourth-order valence-corrected chi connectivity index (χ4v) is 4.67. The summed E-state index contributed by atoms with van der Waals surface area (Å²) in [4.78, 5) is 0. The van der Waals surface area contributed by atoms with Crippen molar-refractivity contribution in [3.63, 3.8) is 0 Å². The van der Waals surface area contributed by atoms with Crippen LogP contribution in [-0.4, -0.2) is 69.1 Å². The largest absolute Gasteiger partial charge is 0.497 e. The molecule has 2 N–H and O–H groups in total. The number of nitrogens with zero attached hydrogens (tertiary/aromatic N) is 1. The van der Waals surface area contributed by atoms with E-state index in [0.717, 1.165) is 46.7 Å². The summed E-state index contributed by atoms with van der Waals surface area (Å²) in [6.07, 6.45) is 5.44. The molecule has 39 heavy (non-hydrogen) atoms. The van der Waals surface area contributed by atoms with Crippen LogP contribution >= 0.6 is 0 Å². The molecule has 2 aromatic carbocycles. The Morgan fingerprint density at radius 2 is 1.72 bits per heavy atom. The summed E-state index contributed by atoms with van der Waals surface area (Å²) < 4.78 is 23.2. The molecule has 7 heteroatoms. The molecule has 4 rings (SSSR count). The van der Waals surface area contributed by atoms with E-state index >= 15 is 0 Å². The molecule has 0 fully saturated rings. The van der Waals surface area contributed by atoms with E-state index in [1.54, 1.807) is 14.2 Å². The predicted octanol–water partition coefficient (Wildman–Crippen LogP) is 6.10. The van der Waals surface area contributed by atoms with Crippen LogP contribution in [0, 0.1) is 0 Å². The molecule has 2 unspecified atom stereocenters. The molecule has 2 aromatic rings. The van der Waals surface area contributed by atoms with Crippen LogP contribution in [0.2, 0.25) is 0 Å². The number of methoxy groups -OCH3 is 2. The summed E-state index contributed by atoms with van der Waals surface area (Å²) >= 11 is 0. The third-order valence-electron chi connectivity index (χ3n) is 6.63. The molecule has 0 saturated heterocycles. The van der Waals surface area contributed by atoms with Gasteiger partial charge in [0.1, 0.15) is 11.8 Å². The second kappa shape index (κ2) is 17.8. The average Bonchev–Trinajstić information content (AvgIpc) is 3.42. The van der Waals surface area contributed by atoms with Gasteiger partial charge in [-0.1, -0.05) is 52.3 Å². The van der Waals surface area contributed by atoms with Crippen LogP contribution in [0.25, 0.3) is 0 Å². The molecule has 7 nitrogen and oxygen atoms in total. The second-order valence-corrected chi connectivity index (χ2v) is 9.94. The maximum atomic E-state index is 10.9. The minimum absolute atomic E-state index is 0.0833. The lowest BCUT2D eigenvalue weighted by molar-refractivity contribution is -0.924. The van der Waals surface area contributed by atoms with Crippen LogP contribution in [0.1, 0.15) is 69.7 Å². The molecule has 2 aliphatic rings. The van der Waals surface area contributed by atoms with E-state index in [2.05, 4.69) is 52.7 Å². The fourth-order valence-electron chi connectivity index (χ4n) is 4.67. The van der Waals surface area contributed by atoms with Gasteiger partial charge in [0.05, 0.1) is 53.1 Å². The zero-order valence-corrected chi connectivity index (χ0v) is 25.5. The van der Waals surface area contributed by atoms with Crippen LogP contribution in [0.3, 0.4) is 0 Å². The maximum absolute atomic E-state index is 10.9. The van der Waals surface area contributed by atoms with Crippen molar-refractivity contribution in [2.24, 2.45) is 0 Å². The lowest BCUT2D eigenvalue weighted by Gasteiger charge is -2.44. The first kappa shape index (κ1) is 34.3. The van der Waals surface area contributed by atoms with Gasteiger partial charge in [-0.15, -0.1) is 6.58 Å². The quantitative estimate of drug-likeness (QED) is 0.308. The highest BCUT2D eigenvalue weighted by Gasteiger charge is 2.42. The van der Waals surface area contributed by atoms with Crippen molar-refractivity contribution in [2.75, 3.05) is 48.3 Å². The zero-order chi connectivity index (χ0) is 29.4. The van der Waals surface area contributed by atoms with Crippen molar-refractivity contribution < 1.29 is 33.6 Å². The number of quaternary nitrogens is 1. The van der Waals surface area contributed by atoms with Gasteiger partial charge in [0, 0.05) is 12.8 Å². The Balaban J connectivity index is 0.000000748. The Bertz CT molecular complexity index is 974. The van der Waals surface area contributed by atoms with Crippen LogP contribution in [0.5, 0.6) is 23.0 Å². The van der Waals surface area contributed by atoms with Gasteiger partial charge in [-0.05, 0) is 42.2 Å². The molecular formula is C32H52NO6+. The third-order valence-corrected chi connectivity index (χ3v) is 6.63. The Hall–Kier alpha value is -2.74. The van der Waals surface area contributed by atoms with Gasteiger partial charge in [0.2, 0.25) is 12.5 Å². The highest BCUT2D eigenvalue weighted by Crippen LogP contribution is 2.51. The molecule has 0 spiro atoms. The van der Waals surface area contributed by atoms with E-state index in [9.17, 15) is 5.11 Å². The van der Waals surface area contributed by atoms with Crippen molar-refractivity contribution in [3.05, 3.63) is 59.7 Å². The van der Waals surface area contributed by atoms with Crippen LogP contribution in [0.15, 0.2) is 43.0 Å². The summed E-state index contributed by atoms with van der Waals surface area (Å²) in [5.74, 6) is 3.06. The summed E-state index contributed by atoms with van der Waals surface area (Å²) in [6.45, 7) is 12.8. The van der Waals surface area contributed by atoms with Gasteiger partial charge in [0.15, 0.2) is 11.5 Å². The molecule has 0 radical (unpaired) electrons. The minimum atomic E-state index is -0.407. The van der Waals surface area contributed by atoms with Gasteiger partial charge >= 0.3 is 0 Å². The molecule has 220 valence electrons. The number of hydrogen-bond acceptors (Lipinski definition) is 6. The molecule has 0 saturated carbocycles. The molecular weight excluding hydrogens is 494 g/mol. The summed E-state index contributed by atoms with van der Waals surface area (Å²) in [7, 11) is 7.81. The van der Waals surface area contributed by atoms with Crippen LogP contribution in [-0.2, 0) is 12.8 Å². The zero-order valence-electron chi connectivity index (χ0n) is 25.5. The number of fused-ring (bicyclic) bond motifs is 2. The molecule has 2 atom stereocenters. The Kier molecular flexibility index (Phi) is 15.6. The van der Waals surface area contributed by atoms with Crippen LogP contribution in [0.4, 0.5) is 0 Å². The number of aliphatic hydroxyl groups is 2. The number of rotatable bonds is 8. The second-order valence-electron chi connectivity index (χ2n) is 9.94. The van der Waals surface area contributed by atoms with Crippen molar-refractivity contribution in [3.8, 4) is 23.0 Å². The number of aliphatic hydroxyl groups excluding tert-OH is 2. The van der Waals surface area contributed by atoms with E-state index in [4.69, 9.17) is 24.1 Å². The summed E-state index contributed by atoms with van der Waals surface area (Å²) in [5.41, 5.74) is 3.59. The lowest BCUT2D eigenvalue weighted by atomic mass is 9.85. The first-order valence-corrected chi connectivity index (χ1v) is 14.1. The molecule has 0 aliphatic carbocycles. The number of hydrogen-bond donors (Lipinski definition) is 2. The summed E-state index contributed by atoms with van der Waals surface area (Å²) in [5, 5.41) is 18.7. The number of ether oxygens (including phenoxy) is 4. The Morgan fingerprint density at radius 3 is 2.26 bits per heavy atom. The van der Waals surface area contributed by atoms with E-state index in [0.29, 0.717) is 18.6 Å². The molecule has 0 amide bonds. The SMILES string of the molecule is C=CCO.CC.CCC.COc1ccc(CCC(O)CC2c3c(cc4c(c3OC)OCO4)CC[N+]2(C)C)cc1. The third kappa shape index (κ3) is 9.75. The fraction of sp³-hybridized carbons (Fsp3) is 0.562. The standard InChI is InChI=1S/C24H32NO5.C3H6O.C3H8.C2H6/c1-25(2)12-11-17-13-21-23(30-15-29-21)24(28-4)22(17)20(25)14-18(26)8-5-16-6-9-19(27-3)10-7-16;1-2-3-4;1-3-2;1-2/h6-7,9-10,13,18,20,26H,5,8,11-12,14-15H2,1-4H3;2,4H,1,3H2;3H2,1-2H3;1-2H3/q+1;;;. The van der Waals surface area contributed by atoms with Gasteiger partial charge in [-0.2, -0.15) is 0 Å². The minimum Gasteiger partial charge on any atom is -0.497 e. The first-order chi connectivity index (χ1) is 18.8. The number of benzene rings is 2. The average molecular weight is 547 g/mol. The van der Waals surface area contributed by atoms with Crippen molar-refractivity contribution >= 4 is 0 Å². The number of aryl methyl sites for hydroxylation is 1. The van der Waals surface area contributed by atoms with E-state index in [-0.39, 0.29) is 19.4 Å². The monoisotopic (exact) mass is 546 g/mol. The number of likely N-dealkylation sites (N-methyl/N-ethyl adjacent to an activating group) is 1.